The zero-order valence-corrected chi connectivity index (χ0v) is 8.51. The normalized spacial score (nSPS) is 31.8. The molecule has 0 amide bonds. The van der Waals surface area contributed by atoms with Gasteiger partial charge in [-0.2, -0.15) is 21.0 Å². The van der Waals surface area contributed by atoms with Crippen LogP contribution in [0.15, 0.2) is 12.2 Å². The summed E-state index contributed by atoms with van der Waals surface area (Å²) >= 11 is 0. The molecule has 16 heavy (non-hydrogen) atoms. The number of fused-ring (bicyclic) bond motifs is 2. The average molecular weight is 208 g/mol. The van der Waals surface area contributed by atoms with Crippen molar-refractivity contribution in [2.24, 2.45) is 22.7 Å². The molecule has 3 aliphatic carbocycles. The Labute approximate surface area is 93.6 Å². The van der Waals surface area contributed by atoms with Crippen LogP contribution in [-0.2, 0) is 0 Å². The largest absolute Gasteiger partial charge is 0.196 e. The highest BCUT2D eigenvalue weighted by molar-refractivity contribution is 5.43. The summed E-state index contributed by atoms with van der Waals surface area (Å²) in [5.41, 5.74) is -3.01. The lowest BCUT2D eigenvalue weighted by molar-refractivity contribution is 0.0903. The molecule has 2 atom stereocenters. The van der Waals surface area contributed by atoms with Crippen LogP contribution in [0.4, 0.5) is 0 Å². The van der Waals surface area contributed by atoms with Gasteiger partial charge in [0, 0.05) is 11.8 Å². The standard InChI is InChI=1S/C12H8N4/c13-5-11(6-14)9-1-2-10(4-3-9)12(11,7-15)8-16/h1-2,9-10H,3-4H2/t9-,10-/m1/s1. The molecule has 0 aromatic carbocycles. The van der Waals surface area contributed by atoms with Gasteiger partial charge in [-0.05, 0) is 12.8 Å². The molecule has 0 radical (unpaired) electrons. The van der Waals surface area contributed by atoms with Crippen molar-refractivity contribution in [3.8, 4) is 24.3 Å². The van der Waals surface area contributed by atoms with Gasteiger partial charge in [-0.3, -0.25) is 0 Å². The molecule has 1 saturated carbocycles. The van der Waals surface area contributed by atoms with Gasteiger partial charge in [0.05, 0.1) is 24.3 Å². The zero-order chi connectivity index (χ0) is 11.8. The van der Waals surface area contributed by atoms with E-state index in [4.69, 9.17) is 0 Å². The zero-order valence-electron chi connectivity index (χ0n) is 8.51. The predicted octanol–water partition coefficient (Wildman–Crippen LogP) is 1.65. The van der Waals surface area contributed by atoms with Gasteiger partial charge in [0.2, 0.25) is 0 Å². The summed E-state index contributed by atoms with van der Waals surface area (Å²) < 4.78 is 0. The van der Waals surface area contributed by atoms with Crippen LogP contribution in [0.1, 0.15) is 12.8 Å². The van der Waals surface area contributed by atoms with Crippen molar-refractivity contribution in [1.82, 2.24) is 0 Å². The van der Waals surface area contributed by atoms with Gasteiger partial charge in [0.15, 0.2) is 10.8 Å². The molecule has 0 heterocycles. The fourth-order valence-electron chi connectivity index (χ4n) is 2.86. The van der Waals surface area contributed by atoms with Crippen molar-refractivity contribution >= 4 is 0 Å². The van der Waals surface area contributed by atoms with Gasteiger partial charge >= 0.3 is 0 Å². The summed E-state index contributed by atoms with van der Waals surface area (Å²) in [5, 5.41) is 37.0. The van der Waals surface area contributed by atoms with E-state index in [-0.39, 0.29) is 11.8 Å². The summed E-state index contributed by atoms with van der Waals surface area (Å²) in [6, 6.07) is 7.74. The molecule has 76 valence electrons. The summed E-state index contributed by atoms with van der Waals surface area (Å²) in [5.74, 6) is -0.599. The minimum Gasteiger partial charge on any atom is -0.196 e. The van der Waals surface area contributed by atoms with E-state index in [1.54, 1.807) is 0 Å². The van der Waals surface area contributed by atoms with Crippen molar-refractivity contribution in [2.45, 2.75) is 12.8 Å². The van der Waals surface area contributed by atoms with Crippen LogP contribution in [-0.4, -0.2) is 0 Å². The number of nitrogens with zero attached hydrogens (tertiary/aromatic N) is 4. The molecule has 4 heteroatoms. The Bertz CT molecular complexity index is 441. The molecular weight excluding hydrogens is 200 g/mol. The van der Waals surface area contributed by atoms with Gasteiger partial charge < -0.3 is 0 Å². The van der Waals surface area contributed by atoms with E-state index in [1.807, 2.05) is 36.4 Å². The first-order chi connectivity index (χ1) is 7.70. The van der Waals surface area contributed by atoms with Crippen molar-refractivity contribution in [3.63, 3.8) is 0 Å². The number of rotatable bonds is 0. The third kappa shape index (κ3) is 0.809. The molecule has 3 rings (SSSR count). The lowest BCUT2D eigenvalue weighted by atomic mass is 9.47. The summed E-state index contributed by atoms with van der Waals surface area (Å²) in [6.07, 6.45) is 5.03. The van der Waals surface area contributed by atoms with Gasteiger partial charge in [0.1, 0.15) is 0 Å². The minimum atomic E-state index is -1.51. The maximum absolute atomic E-state index is 9.25. The molecule has 0 saturated heterocycles. The molecule has 1 fully saturated rings. The van der Waals surface area contributed by atoms with Crippen LogP contribution in [0.2, 0.25) is 0 Å². The molecule has 3 aliphatic rings. The van der Waals surface area contributed by atoms with Gasteiger partial charge in [-0.25, -0.2) is 0 Å². The van der Waals surface area contributed by atoms with Crippen molar-refractivity contribution in [2.75, 3.05) is 0 Å². The molecule has 2 bridgehead atoms. The fraction of sp³-hybridized carbons (Fsp3) is 0.500. The van der Waals surface area contributed by atoms with Gasteiger partial charge in [0.25, 0.3) is 0 Å². The summed E-state index contributed by atoms with van der Waals surface area (Å²) in [7, 11) is 0. The third-order valence-corrected chi connectivity index (χ3v) is 3.80. The van der Waals surface area contributed by atoms with E-state index in [2.05, 4.69) is 0 Å². The van der Waals surface area contributed by atoms with Crippen LogP contribution >= 0.6 is 0 Å². The maximum atomic E-state index is 9.25. The summed E-state index contributed by atoms with van der Waals surface area (Å²) in [4.78, 5) is 0. The lowest BCUT2D eigenvalue weighted by Gasteiger charge is -2.48. The van der Waals surface area contributed by atoms with Crippen LogP contribution in [0, 0.1) is 68.0 Å². The Morgan fingerprint density at radius 3 is 1.25 bits per heavy atom. The van der Waals surface area contributed by atoms with Crippen LogP contribution in [0.5, 0.6) is 0 Å². The van der Waals surface area contributed by atoms with Crippen molar-refractivity contribution in [1.29, 1.82) is 21.0 Å². The predicted molar refractivity (Wildman–Crippen MR) is 52.7 cm³/mol. The topological polar surface area (TPSA) is 95.2 Å². The van der Waals surface area contributed by atoms with E-state index in [1.165, 1.54) is 0 Å². The average Bonchev–Trinajstić information content (AvgIpc) is 2.38. The highest BCUT2D eigenvalue weighted by Crippen LogP contribution is 2.59. The van der Waals surface area contributed by atoms with Crippen LogP contribution in [0.25, 0.3) is 0 Å². The van der Waals surface area contributed by atoms with Gasteiger partial charge in [-0.15, -0.1) is 0 Å². The first-order valence-electron chi connectivity index (χ1n) is 5.04. The lowest BCUT2D eigenvalue weighted by Crippen LogP contribution is -2.53. The number of hydrogen-bond donors (Lipinski definition) is 0. The quantitative estimate of drug-likeness (QED) is 0.565. The second-order valence-electron chi connectivity index (χ2n) is 4.24. The molecule has 0 spiro atoms. The Morgan fingerprint density at radius 2 is 1.06 bits per heavy atom. The molecule has 0 aromatic heterocycles. The molecule has 0 unspecified atom stereocenters. The van der Waals surface area contributed by atoms with Crippen LogP contribution in [0.3, 0.4) is 0 Å². The van der Waals surface area contributed by atoms with E-state index >= 15 is 0 Å². The Hall–Kier alpha value is -2.30. The van der Waals surface area contributed by atoms with E-state index in [0.29, 0.717) is 12.8 Å². The Kier molecular flexibility index (Phi) is 1.98. The van der Waals surface area contributed by atoms with E-state index < -0.39 is 10.8 Å². The number of hydrogen-bond acceptors (Lipinski definition) is 4. The monoisotopic (exact) mass is 208 g/mol. The Morgan fingerprint density at radius 1 is 0.750 bits per heavy atom. The molecular formula is C12H8N4. The SMILES string of the molecule is N#CC1(C#N)[C@@H]2C=C[C@H](CC2)C1(C#N)C#N. The minimum absolute atomic E-state index is 0.299. The number of allylic oxidation sites excluding steroid dienone is 2. The third-order valence-electron chi connectivity index (χ3n) is 3.80. The second kappa shape index (κ2) is 3.10. The van der Waals surface area contributed by atoms with Crippen molar-refractivity contribution < 1.29 is 0 Å². The van der Waals surface area contributed by atoms with E-state index in [0.717, 1.165) is 0 Å². The summed E-state index contributed by atoms with van der Waals surface area (Å²) in [6.45, 7) is 0. The molecule has 4 nitrogen and oxygen atoms in total. The van der Waals surface area contributed by atoms with Gasteiger partial charge in [-0.1, -0.05) is 12.2 Å². The first-order valence-corrected chi connectivity index (χ1v) is 5.04. The highest BCUT2D eigenvalue weighted by atomic mass is 14.6. The first kappa shape index (κ1) is 10.2. The fourth-order valence-corrected chi connectivity index (χ4v) is 2.86. The van der Waals surface area contributed by atoms with Crippen molar-refractivity contribution in [3.05, 3.63) is 12.2 Å². The van der Waals surface area contributed by atoms with E-state index in [9.17, 15) is 21.0 Å². The molecule has 0 aliphatic heterocycles. The number of nitriles is 4. The Balaban J connectivity index is 2.75. The smallest absolute Gasteiger partial charge is 0.182 e. The highest BCUT2D eigenvalue weighted by Gasteiger charge is 2.65. The van der Waals surface area contributed by atoms with Crippen LogP contribution < -0.4 is 0 Å². The molecule has 0 N–H and O–H groups in total. The molecule has 0 aromatic rings. The second-order valence-corrected chi connectivity index (χ2v) is 4.24. The maximum Gasteiger partial charge on any atom is 0.182 e.